The Hall–Kier alpha value is -1.14. The molecule has 1 aromatic rings. The maximum atomic E-state index is 8.54. The van der Waals surface area contributed by atoms with E-state index in [9.17, 15) is 0 Å². The molecule has 0 aliphatic carbocycles. The van der Waals surface area contributed by atoms with Gasteiger partial charge in [0.15, 0.2) is 0 Å². The van der Waals surface area contributed by atoms with Crippen LogP contribution in [0, 0.1) is 10.7 Å². The van der Waals surface area contributed by atoms with Gasteiger partial charge in [-0.1, -0.05) is 26.0 Å². The molecule has 0 radical (unpaired) electrons. The summed E-state index contributed by atoms with van der Waals surface area (Å²) in [6.45, 7) is 5.08. The number of ether oxygens (including phenoxy) is 1. The first-order valence-electron chi connectivity index (χ1n) is 6.55. The zero-order chi connectivity index (χ0) is 13.2. The van der Waals surface area contributed by atoms with E-state index in [0.29, 0.717) is 5.92 Å². The summed E-state index contributed by atoms with van der Waals surface area (Å²) in [7, 11) is 0. The predicted molar refractivity (Wildman–Crippen MR) is 77.9 cm³/mol. The minimum Gasteiger partial charge on any atom is -0.494 e. The molecule has 2 nitrogen and oxygen atoms in total. The van der Waals surface area contributed by atoms with E-state index in [2.05, 4.69) is 31.4 Å². The lowest BCUT2D eigenvalue weighted by Gasteiger charge is -2.15. The monoisotopic (exact) mass is 263 g/mol. The predicted octanol–water partition coefficient (Wildman–Crippen LogP) is 4.57. The highest BCUT2D eigenvalue weighted by molar-refractivity contribution is 8.03. The van der Waals surface area contributed by atoms with E-state index in [1.807, 2.05) is 12.1 Å². The normalized spacial score (nSPS) is 11.8. The Kier molecular flexibility index (Phi) is 7.36. The fourth-order valence-electron chi connectivity index (χ4n) is 1.91. The number of rotatable bonds is 8. The molecule has 0 saturated heterocycles. The number of benzene rings is 1. The molecule has 1 unspecified atom stereocenters. The Labute approximate surface area is 114 Å². The van der Waals surface area contributed by atoms with Gasteiger partial charge in [-0.15, -0.1) is 0 Å². The van der Waals surface area contributed by atoms with E-state index in [1.54, 1.807) is 0 Å². The molecule has 0 bridgehead atoms. The second-order valence-electron chi connectivity index (χ2n) is 4.25. The summed E-state index contributed by atoms with van der Waals surface area (Å²) in [4.78, 5) is 0. The van der Waals surface area contributed by atoms with E-state index >= 15 is 0 Å². The van der Waals surface area contributed by atoms with Crippen LogP contribution >= 0.6 is 11.8 Å². The Morgan fingerprint density at radius 2 is 2.00 bits per heavy atom. The van der Waals surface area contributed by atoms with Gasteiger partial charge < -0.3 is 4.74 Å². The molecule has 98 valence electrons. The van der Waals surface area contributed by atoms with Crippen molar-refractivity contribution in [2.75, 3.05) is 12.4 Å². The van der Waals surface area contributed by atoms with Gasteiger partial charge in [-0.2, -0.15) is 5.26 Å². The van der Waals surface area contributed by atoms with Crippen molar-refractivity contribution in [1.29, 1.82) is 5.26 Å². The molecule has 0 aliphatic rings. The van der Waals surface area contributed by atoms with Crippen LogP contribution in [0.2, 0.25) is 0 Å². The van der Waals surface area contributed by atoms with Crippen molar-refractivity contribution in [3.63, 3.8) is 0 Å². The van der Waals surface area contributed by atoms with Crippen molar-refractivity contribution in [3.8, 4) is 11.2 Å². The van der Waals surface area contributed by atoms with Gasteiger partial charge in [0.05, 0.1) is 6.61 Å². The van der Waals surface area contributed by atoms with Crippen molar-refractivity contribution in [2.24, 2.45) is 0 Å². The van der Waals surface area contributed by atoms with Gasteiger partial charge in [0.2, 0.25) is 0 Å². The third-order valence-corrected chi connectivity index (χ3v) is 3.52. The first kappa shape index (κ1) is 14.9. The summed E-state index contributed by atoms with van der Waals surface area (Å²) in [5.74, 6) is 2.40. The summed E-state index contributed by atoms with van der Waals surface area (Å²) in [5, 5.41) is 10.7. The minimum atomic E-state index is 0.547. The Balaban J connectivity index is 2.55. The second-order valence-corrected chi connectivity index (χ2v) is 5.13. The fourth-order valence-corrected chi connectivity index (χ4v) is 2.40. The summed E-state index contributed by atoms with van der Waals surface area (Å²) < 4.78 is 5.57. The summed E-state index contributed by atoms with van der Waals surface area (Å²) >= 11 is 1.34. The third-order valence-electron chi connectivity index (χ3n) is 2.95. The molecule has 1 rings (SSSR count). The molecule has 0 saturated carbocycles. The number of nitrogens with zero attached hydrogens (tertiary/aromatic N) is 1. The highest BCUT2D eigenvalue weighted by Crippen LogP contribution is 2.26. The van der Waals surface area contributed by atoms with Crippen molar-refractivity contribution < 1.29 is 4.74 Å². The molecule has 0 amide bonds. The van der Waals surface area contributed by atoms with Gasteiger partial charge in [-0.25, -0.2) is 0 Å². The third kappa shape index (κ3) is 5.01. The van der Waals surface area contributed by atoms with Crippen LogP contribution in [0.4, 0.5) is 0 Å². The Morgan fingerprint density at radius 1 is 1.28 bits per heavy atom. The van der Waals surface area contributed by atoms with E-state index in [4.69, 9.17) is 10.00 Å². The molecule has 1 aromatic carbocycles. The minimum absolute atomic E-state index is 0.547. The molecule has 18 heavy (non-hydrogen) atoms. The van der Waals surface area contributed by atoms with Crippen LogP contribution in [0.1, 0.15) is 44.6 Å². The molecule has 0 aromatic heterocycles. The van der Waals surface area contributed by atoms with E-state index in [0.717, 1.165) is 37.4 Å². The van der Waals surface area contributed by atoms with E-state index in [-0.39, 0.29) is 0 Å². The van der Waals surface area contributed by atoms with Gasteiger partial charge in [0.1, 0.15) is 11.2 Å². The number of thioether (sulfide) groups is 1. The lowest BCUT2D eigenvalue weighted by molar-refractivity contribution is 0.317. The molecule has 0 heterocycles. The molecule has 0 N–H and O–H groups in total. The molecular weight excluding hydrogens is 242 g/mol. The smallest absolute Gasteiger partial charge is 0.133 e. The molecule has 3 heteroatoms. The Morgan fingerprint density at radius 3 is 2.56 bits per heavy atom. The van der Waals surface area contributed by atoms with Crippen LogP contribution in [-0.4, -0.2) is 12.4 Å². The number of thiocyanates is 1. The van der Waals surface area contributed by atoms with Crippen molar-refractivity contribution in [3.05, 3.63) is 29.8 Å². The van der Waals surface area contributed by atoms with Gasteiger partial charge in [0, 0.05) is 5.75 Å². The Bertz CT molecular complexity index is 369. The largest absolute Gasteiger partial charge is 0.494 e. The van der Waals surface area contributed by atoms with Crippen LogP contribution in [0.5, 0.6) is 5.75 Å². The van der Waals surface area contributed by atoms with Crippen LogP contribution in [0.15, 0.2) is 24.3 Å². The average Bonchev–Trinajstić information content (AvgIpc) is 2.42. The quantitative estimate of drug-likeness (QED) is 0.508. The van der Waals surface area contributed by atoms with E-state index < -0.39 is 0 Å². The molecule has 0 aliphatic heterocycles. The van der Waals surface area contributed by atoms with Gasteiger partial charge >= 0.3 is 0 Å². The maximum absolute atomic E-state index is 8.54. The van der Waals surface area contributed by atoms with Crippen LogP contribution < -0.4 is 4.74 Å². The van der Waals surface area contributed by atoms with Gasteiger partial charge in [0.25, 0.3) is 0 Å². The number of nitriles is 1. The summed E-state index contributed by atoms with van der Waals surface area (Å²) in [5.41, 5.74) is 1.35. The molecule has 0 spiro atoms. The lowest BCUT2D eigenvalue weighted by Crippen LogP contribution is -2.00. The first-order chi connectivity index (χ1) is 8.81. The zero-order valence-electron chi connectivity index (χ0n) is 11.2. The van der Waals surface area contributed by atoms with Gasteiger partial charge in [-0.05, 0) is 54.6 Å². The maximum Gasteiger partial charge on any atom is 0.133 e. The summed E-state index contributed by atoms with van der Waals surface area (Å²) in [6.07, 6.45) is 3.20. The zero-order valence-corrected chi connectivity index (χ0v) is 12.0. The molecule has 0 fully saturated rings. The van der Waals surface area contributed by atoms with E-state index in [1.165, 1.54) is 17.3 Å². The highest BCUT2D eigenvalue weighted by atomic mass is 32.2. The SMILES string of the molecule is CCCOc1ccc(C(CC)CCSC#N)cc1. The number of hydrogen-bond acceptors (Lipinski definition) is 3. The second kappa shape index (κ2) is 8.88. The van der Waals surface area contributed by atoms with Crippen LogP contribution in [0.25, 0.3) is 0 Å². The number of hydrogen-bond donors (Lipinski definition) is 0. The van der Waals surface area contributed by atoms with Gasteiger partial charge in [-0.3, -0.25) is 0 Å². The van der Waals surface area contributed by atoms with Crippen LogP contribution in [0.3, 0.4) is 0 Å². The van der Waals surface area contributed by atoms with Crippen molar-refractivity contribution in [1.82, 2.24) is 0 Å². The first-order valence-corrected chi connectivity index (χ1v) is 7.54. The van der Waals surface area contributed by atoms with Crippen LogP contribution in [-0.2, 0) is 0 Å². The fraction of sp³-hybridized carbons (Fsp3) is 0.533. The summed E-state index contributed by atoms with van der Waals surface area (Å²) in [6, 6.07) is 8.39. The molecular formula is C15H21NOS. The van der Waals surface area contributed by atoms with Crippen molar-refractivity contribution >= 4 is 11.8 Å². The lowest BCUT2D eigenvalue weighted by atomic mass is 9.94. The standard InChI is InChI=1S/C15H21NOS/c1-3-10-17-15-7-5-14(6-8-15)13(4-2)9-11-18-12-16/h5-8,13H,3-4,9-11H2,1-2H3. The van der Waals surface area contributed by atoms with Crippen molar-refractivity contribution in [2.45, 2.75) is 39.0 Å². The topological polar surface area (TPSA) is 33.0 Å². The highest BCUT2D eigenvalue weighted by Gasteiger charge is 2.09. The average molecular weight is 263 g/mol. The molecule has 1 atom stereocenters.